The third-order valence-corrected chi connectivity index (χ3v) is 4.18. The molecule has 0 aliphatic carbocycles. The minimum Gasteiger partial charge on any atom is -0.376 e. The predicted octanol–water partition coefficient (Wildman–Crippen LogP) is 0.929. The van der Waals surface area contributed by atoms with E-state index in [0.29, 0.717) is 19.5 Å². The number of likely N-dealkylation sites (tertiary alicyclic amines) is 1. The first-order chi connectivity index (χ1) is 9.11. The summed E-state index contributed by atoms with van der Waals surface area (Å²) in [7, 11) is 0. The van der Waals surface area contributed by atoms with Gasteiger partial charge in [-0.2, -0.15) is 0 Å². The maximum atomic E-state index is 12.1. The highest BCUT2D eigenvalue weighted by molar-refractivity contribution is 5.89. The second-order valence-electron chi connectivity index (χ2n) is 5.58. The second kappa shape index (κ2) is 6.37. The molecule has 5 nitrogen and oxygen atoms in total. The van der Waals surface area contributed by atoms with Crippen LogP contribution in [0, 0.1) is 5.92 Å². The molecule has 0 aromatic heterocycles. The Morgan fingerprint density at radius 2 is 2.37 bits per heavy atom. The van der Waals surface area contributed by atoms with Crippen molar-refractivity contribution in [1.29, 1.82) is 0 Å². The van der Waals surface area contributed by atoms with Crippen LogP contribution < -0.4 is 5.32 Å². The van der Waals surface area contributed by atoms with Gasteiger partial charge in [0.25, 0.3) is 0 Å². The first-order valence-electron chi connectivity index (χ1n) is 7.30. The third-order valence-electron chi connectivity index (χ3n) is 4.18. The second-order valence-corrected chi connectivity index (χ2v) is 5.58. The van der Waals surface area contributed by atoms with E-state index in [4.69, 9.17) is 4.74 Å². The summed E-state index contributed by atoms with van der Waals surface area (Å²) in [5.41, 5.74) is 0. The molecule has 2 aliphatic rings. The molecular weight excluding hydrogens is 244 g/mol. The summed E-state index contributed by atoms with van der Waals surface area (Å²) in [4.78, 5) is 25.8. The Bertz CT molecular complexity index is 340. The number of hydrogen-bond donors (Lipinski definition) is 1. The zero-order chi connectivity index (χ0) is 13.8. The van der Waals surface area contributed by atoms with E-state index >= 15 is 0 Å². The van der Waals surface area contributed by atoms with Gasteiger partial charge in [-0.3, -0.25) is 9.59 Å². The molecule has 2 amide bonds. The molecule has 2 aliphatic heterocycles. The molecule has 0 spiro atoms. The average molecular weight is 268 g/mol. The van der Waals surface area contributed by atoms with E-state index in [1.165, 1.54) is 0 Å². The van der Waals surface area contributed by atoms with Crippen molar-refractivity contribution in [2.24, 2.45) is 5.92 Å². The Morgan fingerprint density at radius 1 is 1.58 bits per heavy atom. The van der Waals surface area contributed by atoms with Crippen LogP contribution in [-0.4, -0.2) is 48.6 Å². The van der Waals surface area contributed by atoms with Crippen molar-refractivity contribution in [3.05, 3.63) is 0 Å². The lowest BCUT2D eigenvalue weighted by molar-refractivity contribution is -0.130. The van der Waals surface area contributed by atoms with Crippen molar-refractivity contribution in [2.45, 2.75) is 51.7 Å². The molecule has 0 bridgehead atoms. The van der Waals surface area contributed by atoms with Crippen LogP contribution in [0.15, 0.2) is 0 Å². The van der Waals surface area contributed by atoms with Crippen molar-refractivity contribution in [3.63, 3.8) is 0 Å². The van der Waals surface area contributed by atoms with E-state index in [-0.39, 0.29) is 29.9 Å². The monoisotopic (exact) mass is 268 g/mol. The number of nitrogens with one attached hydrogen (secondary N) is 1. The fourth-order valence-corrected chi connectivity index (χ4v) is 2.72. The summed E-state index contributed by atoms with van der Waals surface area (Å²) in [6, 6.07) is 0.225. The molecule has 2 rings (SSSR count). The lowest BCUT2D eigenvalue weighted by Gasteiger charge is -2.23. The first kappa shape index (κ1) is 14.3. The van der Waals surface area contributed by atoms with Gasteiger partial charge in [0.1, 0.15) is 0 Å². The quantitative estimate of drug-likeness (QED) is 0.807. The molecule has 0 saturated carbocycles. The van der Waals surface area contributed by atoms with E-state index in [1.54, 1.807) is 0 Å². The molecule has 0 aromatic carbocycles. The topological polar surface area (TPSA) is 58.6 Å². The van der Waals surface area contributed by atoms with Gasteiger partial charge >= 0.3 is 0 Å². The Balaban J connectivity index is 1.78. The highest BCUT2D eigenvalue weighted by Gasteiger charge is 2.36. The van der Waals surface area contributed by atoms with Gasteiger partial charge in [0, 0.05) is 32.2 Å². The number of ether oxygens (including phenoxy) is 1. The summed E-state index contributed by atoms with van der Waals surface area (Å²) in [6.07, 6.45) is 3.52. The molecule has 0 aromatic rings. The molecule has 2 saturated heterocycles. The molecule has 1 N–H and O–H groups in total. The molecule has 3 atom stereocenters. The van der Waals surface area contributed by atoms with Crippen LogP contribution in [-0.2, 0) is 14.3 Å². The van der Waals surface area contributed by atoms with Gasteiger partial charge in [-0.25, -0.2) is 0 Å². The van der Waals surface area contributed by atoms with Gasteiger partial charge in [0.15, 0.2) is 0 Å². The molecule has 0 radical (unpaired) electrons. The maximum absolute atomic E-state index is 12.1. The van der Waals surface area contributed by atoms with Gasteiger partial charge in [-0.05, 0) is 26.2 Å². The lowest BCUT2D eigenvalue weighted by Crippen LogP contribution is -2.38. The smallest absolute Gasteiger partial charge is 0.225 e. The maximum Gasteiger partial charge on any atom is 0.225 e. The van der Waals surface area contributed by atoms with Crippen molar-refractivity contribution >= 4 is 11.8 Å². The number of nitrogens with zero attached hydrogens (tertiary/aromatic N) is 1. The lowest BCUT2D eigenvalue weighted by atomic mass is 10.1. The minimum atomic E-state index is -0.192. The van der Waals surface area contributed by atoms with Crippen molar-refractivity contribution < 1.29 is 14.3 Å². The number of amides is 2. The van der Waals surface area contributed by atoms with Crippen LogP contribution in [0.3, 0.4) is 0 Å². The fraction of sp³-hybridized carbons (Fsp3) is 0.857. The van der Waals surface area contributed by atoms with Gasteiger partial charge in [0.05, 0.1) is 12.0 Å². The fourth-order valence-electron chi connectivity index (χ4n) is 2.72. The van der Waals surface area contributed by atoms with Gasteiger partial charge in [-0.15, -0.1) is 0 Å². The zero-order valence-electron chi connectivity index (χ0n) is 11.9. The van der Waals surface area contributed by atoms with E-state index in [1.807, 2.05) is 11.8 Å². The Kier molecular flexibility index (Phi) is 4.80. The van der Waals surface area contributed by atoms with E-state index in [2.05, 4.69) is 12.2 Å². The normalized spacial score (nSPS) is 28.7. The first-order valence-corrected chi connectivity index (χ1v) is 7.30. The molecule has 3 unspecified atom stereocenters. The van der Waals surface area contributed by atoms with Gasteiger partial charge in [-0.1, -0.05) is 6.92 Å². The summed E-state index contributed by atoms with van der Waals surface area (Å²) in [6.45, 7) is 6.02. The van der Waals surface area contributed by atoms with Crippen LogP contribution in [0.25, 0.3) is 0 Å². The van der Waals surface area contributed by atoms with Crippen molar-refractivity contribution in [3.8, 4) is 0 Å². The van der Waals surface area contributed by atoms with E-state index < -0.39 is 0 Å². The summed E-state index contributed by atoms with van der Waals surface area (Å²) < 4.78 is 5.47. The Labute approximate surface area is 114 Å². The highest BCUT2D eigenvalue weighted by Crippen LogP contribution is 2.21. The van der Waals surface area contributed by atoms with Crippen molar-refractivity contribution in [2.75, 3.05) is 19.7 Å². The van der Waals surface area contributed by atoms with Crippen LogP contribution in [0.5, 0.6) is 0 Å². The zero-order valence-corrected chi connectivity index (χ0v) is 11.9. The number of hydrogen-bond acceptors (Lipinski definition) is 3. The van der Waals surface area contributed by atoms with Gasteiger partial charge in [0.2, 0.25) is 11.8 Å². The van der Waals surface area contributed by atoms with E-state index in [0.717, 1.165) is 25.9 Å². The van der Waals surface area contributed by atoms with Crippen molar-refractivity contribution in [1.82, 2.24) is 10.2 Å². The third kappa shape index (κ3) is 3.47. The SMILES string of the molecule is CCC(C)N1CC(C(=O)NCC2CCCO2)CC1=O. The summed E-state index contributed by atoms with van der Waals surface area (Å²) in [5.74, 6) is -0.0934. The highest BCUT2D eigenvalue weighted by atomic mass is 16.5. The number of carbonyl (C=O) groups excluding carboxylic acids is 2. The predicted molar refractivity (Wildman–Crippen MR) is 71.6 cm³/mol. The minimum absolute atomic E-state index is 0.00495. The molecule has 2 heterocycles. The largest absolute Gasteiger partial charge is 0.376 e. The number of rotatable bonds is 5. The molecule has 2 fully saturated rings. The molecule has 5 heteroatoms. The van der Waals surface area contributed by atoms with Crippen LogP contribution in [0.1, 0.15) is 39.5 Å². The number of carbonyl (C=O) groups is 2. The molecule has 19 heavy (non-hydrogen) atoms. The molecule has 108 valence electrons. The average Bonchev–Trinajstić information content (AvgIpc) is 3.04. The van der Waals surface area contributed by atoms with E-state index in [9.17, 15) is 9.59 Å². The van der Waals surface area contributed by atoms with Crippen LogP contribution >= 0.6 is 0 Å². The van der Waals surface area contributed by atoms with Crippen LogP contribution in [0.2, 0.25) is 0 Å². The summed E-state index contributed by atoms with van der Waals surface area (Å²) >= 11 is 0. The van der Waals surface area contributed by atoms with Crippen LogP contribution in [0.4, 0.5) is 0 Å². The standard InChI is InChI=1S/C14H24N2O3/c1-3-10(2)16-9-11(7-13(16)17)14(18)15-8-12-5-4-6-19-12/h10-12H,3-9H2,1-2H3,(H,15,18). The Hall–Kier alpha value is -1.10. The summed E-state index contributed by atoms with van der Waals surface area (Å²) in [5, 5.41) is 2.92. The van der Waals surface area contributed by atoms with Gasteiger partial charge < -0.3 is 15.0 Å². The Morgan fingerprint density at radius 3 is 3.00 bits per heavy atom. The molecular formula is C14H24N2O3.